The second kappa shape index (κ2) is 15.5. The summed E-state index contributed by atoms with van der Waals surface area (Å²) in [7, 11) is 2.12. The van der Waals surface area contributed by atoms with Crippen LogP contribution in [-0.2, 0) is 0 Å². The number of anilines is 2. The van der Waals surface area contributed by atoms with Crippen LogP contribution >= 0.6 is 11.3 Å². The Kier molecular flexibility index (Phi) is 9.65. The molecule has 0 radical (unpaired) electrons. The van der Waals surface area contributed by atoms with Crippen LogP contribution in [0, 0.1) is 0 Å². The van der Waals surface area contributed by atoms with E-state index in [4.69, 9.17) is 0 Å². The summed E-state index contributed by atoms with van der Waals surface area (Å²) in [6, 6.07) is 67.7. The van der Waals surface area contributed by atoms with Gasteiger partial charge in [0.2, 0.25) is 0 Å². The molecule has 0 N–H and O–H groups in total. The Bertz CT molecular complexity index is 2790. The van der Waals surface area contributed by atoms with Crippen molar-refractivity contribution in [3.8, 4) is 33.4 Å². The first-order valence-electron chi connectivity index (χ1n) is 19.0. The zero-order chi connectivity index (χ0) is 37.0. The molecule has 0 bridgehead atoms. The molecule has 1 aliphatic rings. The van der Waals surface area contributed by atoms with Crippen molar-refractivity contribution in [2.24, 2.45) is 0 Å². The van der Waals surface area contributed by atoms with Crippen molar-refractivity contribution in [1.82, 2.24) is 0 Å². The number of allylic oxidation sites excluding steroid dienone is 4. The Morgan fingerprint density at radius 2 is 1.09 bits per heavy atom. The monoisotopic (exact) mass is 723 g/mol. The molecule has 9 aromatic rings. The first-order chi connectivity index (χ1) is 27.2. The van der Waals surface area contributed by atoms with E-state index >= 15 is 0 Å². The standard InChI is InChI=1S/C35H25NS.C18H16/c1-36(28-11-3-2-4-12-28)29-19-17-25(18-20-29)30-21-22-32-31-13-7-8-14-33(31)37-35(32)34(30)27-16-15-24-9-5-6-10-26(24)23-27;1-3-7-15(8-4-1)17-11-13-18(14-12-17)16-9-5-2-6-10-16/h2-23H,1H3;1-5,7-9,11-14H,6,10H2. The average molecular weight is 724 g/mol. The van der Waals surface area contributed by atoms with Gasteiger partial charge in [-0.25, -0.2) is 0 Å². The number of hydrogen-bond acceptors (Lipinski definition) is 2. The largest absolute Gasteiger partial charge is 0.345 e. The Morgan fingerprint density at radius 3 is 1.85 bits per heavy atom. The summed E-state index contributed by atoms with van der Waals surface area (Å²) >= 11 is 1.89. The van der Waals surface area contributed by atoms with E-state index in [0.29, 0.717) is 0 Å². The number of rotatable bonds is 6. The van der Waals surface area contributed by atoms with E-state index in [-0.39, 0.29) is 0 Å². The summed E-state index contributed by atoms with van der Waals surface area (Å²) in [5.41, 5.74) is 12.8. The zero-order valence-electron chi connectivity index (χ0n) is 30.9. The molecule has 0 aliphatic heterocycles. The van der Waals surface area contributed by atoms with E-state index in [1.807, 2.05) is 11.3 Å². The van der Waals surface area contributed by atoms with E-state index in [9.17, 15) is 0 Å². The Morgan fingerprint density at radius 1 is 0.473 bits per heavy atom. The number of benzene rings is 8. The maximum atomic E-state index is 2.34. The van der Waals surface area contributed by atoms with E-state index in [1.165, 1.54) is 86.8 Å². The molecule has 264 valence electrons. The molecular formula is C53H41NS. The van der Waals surface area contributed by atoms with Crippen LogP contribution in [0.2, 0.25) is 0 Å². The van der Waals surface area contributed by atoms with E-state index in [2.05, 4.69) is 218 Å². The van der Waals surface area contributed by atoms with Gasteiger partial charge in [-0.15, -0.1) is 11.3 Å². The van der Waals surface area contributed by atoms with E-state index in [0.717, 1.165) is 12.8 Å². The van der Waals surface area contributed by atoms with Crippen molar-refractivity contribution in [2.75, 3.05) is 11.9 Å². The molecule has 0 fully saturated rings. The molecule has 10 rings (SSSR count). The predicted octanol–water partition coefficient (Wildman–Crippen LogP) is 15.4. The average Bonchev–Trinajstić information content (AvgIpc) is 3.66. The quantitative estimate of drug-likeness (QED) is 0.165. The minimum Gasteiger partial charge on any atom is -0.345 e. The van der Waals surface area contributed by atoms with E-state index in [1.54, 1.807) is 0 Å². The van der Waals surface area contributed by atoms with Crippen molar-refractivity contribution in [2.45, 2.75) is 12.8 Å². The fraction of sp³-hybridized carbons (Fsp3) is 0.0566. The Labute approximate surface area is 327 Å². The van der Waals surface area contributed by atoms with Gasteiger partial charge >= 0.3 is 0 Å². The number of fused-ring (bicyclic) bond motifs is 4. The Hall–Kier alpha value is -6.48. The lowest BCUT2D eigenvalue weighted by molar-refractivity contribution is 1.05. The molecule has 0 amide bonds. The van der Waals surface area contributed by atoms with Gasteiger partial charge in [0.15, 0.2) is 0 Å². The van der Waals surface area contributed by atoms with Gasteiger partial charge in [0.1, 0.15) is 0 Å². The fourth-order valence-electron chi connectivity index (χ4n) is 7.68. The third kappa shape index (κ3) is 7.13. The molecule has 1 nitrogen and oxygen atoms in total. The van der Waals surface area contributed by atoms with Crippen LogP contribution < -0.4 is 4.90 Å². The van der Waals surface area contributed by atoms with Crippen molar-refractivity contribution < 1.29 is 0 Å². The predicted molar refractivity (Wildman–Crippen MR) is 240 cm³/mol. The lowest BCUT2D eigenvalue weighted by atomic mass is 9.91. The van der Waals surface area contributed by atoms with Gasteiger partial charge in [-0.2, -0.15) is 0 Å². The first kappa shape index (κ1) is 34.3. The lowest BCUT2D eigenvalue weighted by Crippen LogP contribution is -2.08. The van der Waals surface area contributed by atoms with Gasteiger partial charge in [-0.1, -0.05) is 170 Å². The third-order valence-corrected chi connectivity index (χ3v) is 11.9. The molecule has 8 aromatic carbocycles. The van der Waals surface area contributed by atoms with Gasteiger partial charge in [-0.05, 0) is 99.0 Å². The molecular weight excluding hydrogens is 683 g/mol. The summed E-state index contributed by atoms with van der Waals surface area (Å²) in [6.45, 7) is 0. The summed E-state index contributed by atoms with van der Waals surface area (Å²) in [6.07, 6.45) is 8.92. The molecule has 0 saturated heterocycles. The van der Waals surface area contributed by atoms with Gasteiger partial charge < -0.3 is 4.90 Å². The molecule has 0 spiro atoms. The minimum atomic E-state index is 1.15. The molecule has 0 atom stereocenters. The lowest BCUT2D eigenvalue weighted by Gasteiger charge is -2.20. The highest BCUT2D eigenvalue weighted by molar-refractivity contribution is 7.26. The maximum Gasteiger partial charge on any atom is 0.0440 e. The van der Waals surface area contributed by atoms with Crippen molar-refractivity contribution >= 4 is 59.2 Å². The molecule has 0 unspecified atom stereocenters. The third-order valence-electron chi connectivity index (χ3n) is 10.7. The van der Waals surface area contributed by atoms with Crippen molar-refractivity contribution in [3.05, 3.63) is 212 Å². The summed E-state index contributed by atoms with van der Waals surface area (Å²) < 4.78 is 2.68. The summed E-state index contributed by atoms with van der Waals surface area (Å²) in [5, 5.41) is 5.19. The Balaban J connectivity index is 0.000000185. The second-order valence-corrected chi connectivity index (χ2v) is 15.1. The topological polar surface area (TPSA) is 3.24 Å². The van der Waals surface area contributed by atoms with Crippen LogP contribution in [0.15, 0.2) is 206 Å². The normalized spacial score (nSPS) is 12.3. The van der Waals surface area contributed by atoms with Crippen molar-refractivity contribution in [3.63, 3.8) is 0 Å². The highest BCUT2D eigenvalue weighted by Gasteiger charge is 2.17. The van der Waals surface area contributed by atoms with Crippen LogP contribution in [0.25, 0.3) is 69.9 Å². The zero-order valence-corrected chi connectivity index (χ0v) is 31.7. The summed E-state index contributed by atoms with van der Waals surface area (Å²) in [5.74, 6) is 0. The minimum absolute atomic E-state index is 1.15. The molecule has 55 heavy (non-hydrogen) atoms. The number of hydrogen-bond donors (Lipinski definition) is 0. The highest BCUT2D eigenvalue weighted by atomic mass is 32.1. The van der Waals surface area contributed by atoms with Crippen LogP contribution in [-0.4, -0.2) is 7.05 Å². The van der Waals surface area contributed by atoms with Crippen LogP contribution in [0.5, 0.6) is 0 Å². The van der Waals surface area contributed by atoms with Gasteiger partial charge in [0.05, 0.1) is 0 Å². The molecule has 1 heterocycles. The molecule has 0 saturated carbocycles. The highest BCUT2D eigenvalue weighted by Crippen LogP contribution is 2.45. The van der Waals surface area contributed by atoms with Gasteiger partial charge in [0.25, 0.3) is 0 Å². The van der Waals surface area contributed by atoms with Crippen molar-refractivity contribution in [1.29, 1.82) is 0 Å². The maximum absolute atomic E-state index is 2.34. The molecule has 1 aromatic heterocycles. The number of thiophene rings is 1. The molecule has 1 aliphatic carbocycles. The fourth-order valence-corrected chi connectivity index (χ4v) is 8.95. The van der Waals surface area contributed by atoms with E-state index < -0.39 is 0 Å². The number of nitrogens with zero attached hydrogens (tertiary/aromatic N) is 1. The SMILES string of the molecule is C1=CCCC(c2ccc(-c3ccccc3)cc2)=C1.CN(c1ccccc1)c1ccc(-c2ccc3c(sc4ccccc43)c2-c2ccc3ccccc3c2)cc1. The number of para-hydroxylation sites is 1. The molecule has 2 heteroatoms. The first-order valence-corrected chi connectivity index (χ1v) is 19.9. The van der Waals surface area contributed by atoms with Crippen LogP contribution in [0.4, 0.5) is 11.4 Å². The van der Waals surface area contributed by atoms with Gasteiger partial charge in [-0.3, -0.25) is 0 Å². The van der Waals surface area contributed by atoms with Crippen LogP contribution in [0.3, 0.4) is 0 Å². The second-order valence-electron chi connectivity index (χ2n) is 14.1. The van der Waals surface area contributed by atoms with Crippen LogP contribution in [0.1, 0.15) is 18.4 Å². The van der Waals surface area contributed by atoms with Gasteiger partial charge in [0, 0.05) is 44.2 Å². The summed E-state index contributed by atoms with van der Waals surface area (Å²) in [4.78, 5) is 2.23. The smallest absolute Gasteiger partial charge is 0.0440 e.